The molecule has 0 bridgehead atoms. The van der Waals surface area contributed by atoms with E-state index in [1.807, 2.05) is 0 Å². The molecule has 9 heteroatoms. The summed E-state index contributed by atoms with van der Waals surface area (Å²) >= 11 is 5.97. The number of amides is 2. The van der Waals surface area contributed by atoms with E-state index in [9.17, 15) is 18.0 Å². The van der Waals surface area contributed by atoms with Gasteiger partial charge in [0.1, 0.15) is 0 Å². The Bertz CT molecular complexity index is 1240. The van der Waals surface area contributed by atoms with Crippen LogP contribution in [0.25, 0.3) is 0 Å². The molecule has 0 saturated heterocycles. The summed E-state index contributed by atoms with van der Waals surface area (Å²) in [5.41, 5.74) is 1.56. The molecule has 160 valence electrons. The van der Waals surface area contributed by atoms with E-state index in [-0.39, 0.29) is 16.4 Å². The summed E-state index contributed by atoms with van der Waals surface area (Å²) in [6.07, 6.45) is 0. The quantitative estimate of drug-likeness (QED) is 0.574. The van der Waals surface area contributed by atoms with E-state index >= 15 is 0 Å². The van der Waals surface area contributed by atoms with Crippen LogP contribution in [0.15, 0.2) is 77.7 Å². The van der Waals surface area contributed by atoms with E-state index in [0.29, 0.717) is 22.1 Å². The van der Waals surface area contributed by atoms with Gasteiger partial charge in [-0.05, 0) is 54.6 Å². The summed E-state index contributed by atoms with van der Waals surface area (Å²) < 4.78 is 27.2. The van der Waals surface area contributed by atoms with Crippen molar-refractivity contribution in [1.82, 2.24) is 0 Å². The van der Waals surface area contributed by atoms with Gasteiger partial charge in [-0.3, -0.25) is 13.9 Å². The molecule has 0 fully saturated rings. The van der Waals surface area contributed by atoms with E-state index in [0.717, 1.165) is 4.31 Å². The molecule has 0 aromatic heterocycles. The molecule has 0 radical (unpaired) electrons. The number of anilines is 3. The number of halogens is 1. The second kappa shape index (κ2) is 9.20. The number of hydrogen-bond acceptors (Lipinski definition) is 4. The minimum atomic E-state index is -3.91. The first kappa shape index (κ1) is 22.3. The van der Waals surface area contributed by atoms with Gasteiger partial charge in [-0.2, -0.15) is 0 Å². The van der Waals surface area contributed by atoms with Crippen molar-refractivity contribution in [2.75, 3.05) is 22.0 Å². The molecule has 3 aromatic rings. The molecule has 0 aliphatic rings. The Hall–Kier alpha value is -3.36. The van der Waals surface area contributed by atoms with Crippen LogP contribution in [0, 0.1) is 0 Å². The summed E-state index contributed by atoms with van der Waals surface area (Å²) in [6.45, 7) is 1.39. The molecule has 0 spiro atoms. The molecular formula is C22H20ClN3O4S. The Morgan fingerprint density at radius 3 is 2.19 bits per heavy atom. The molecular weight excluding hydrogens is 438 g/mol. The van der Waals surface area contributed by atoms with Crippen molar-refractivity contribution in [3.8, 4) is 0 Å². The van der Waals surface area contributed by atoms with Crippen LogP contribution < -0.4 is 14.9 Å². The van der Waals surface area contributed by atoms with Crippen molar-refractivity contribution in [3.63, 3.8) is 0 Å². The first-order valence-electron chi connectivity index (χ1n) is 9.20. The van der Waals surface area contributed by atoms with Crippen LogP contribution in [-0.2, 0) is 14.8 Å². The molecule has 0 aliphatic carbocycles. The largest absolute Gasteiger partial charge is 0.326 e. The summed E-state index contributed by atoms with van der Waals surface area (Å²) in [7, 11) is -2.49. The topological polar surface area (TPSA) is 95.6 Å². The van der Waals surface area contributed by atoms with Crippen LogP contribution in [0.3, 0.4) is 0 Å². The van der Waals surface area contributed by atoms with Gasteiger partial charge in [0.15, 0.2) is 0 Å². The number of nitrogens with zero attached hydrogens (tertiary/aromatic N) is 1. The Morgan fingerprint density at radius 2 is 1.52 bits per heavy atom. The highest BCUT2D eigenvalue weighted by Gasteiger charge is 2.22. The SMILES string of the molecule is CC(=O)Nc1cccc(NC(=O)c2cccc(S(=O)(=O)N(C)c3cccc(Cl)c3)c2)c1. The van der Waals surface area contributed by atoms with Gasteiger partial charge in [0.25, 0.3) is 15.9 Å². The van der Waals surface area contributed by atoms with Crippen molar-refractivity contribution in [2.45, 2.75) is 11.8 Å². The monoisotopic (exact) mass is 457 g/mol. The van der Waals surface area contributed by atoms with Crippen molar-refractivity contribution >= 4 is 50.5 Å². The third-order valence-electron chi connectivity index (χ3n) is 4.37. The highest BCUT2D eigenvalue weighted by atomic mass is 35.5. The lowest BCUT2D eigenvalue weighted by Crippen LogP contribution is -2.26. The highest BCUT2D eigenvalue weighted by Crippen LogP contribution is 2.25. The molecule has 0 aliphatic heterocycles. The molecule has 0 saturated carbocycles. The van der Waals surface area contributed by atoms with Gasteiger partial charge in [-0.25, -0.2) is 8.42 Å². The highest BCUT2D eigenvalue weighted by molar-refractivity contribution is 7.92. The zero-order valence-electron chi connectivity index (χ0n) is 16.8. The van der Waals surface area contributed by atoms with Crippen LogP contribution in [0.5, 0.6) is 0 Å². The average Bonchev–Trinajstić information content (AvgIpc) is 2.73. The number of benzene rings is 3. The Kier molecular flexibility index (Phi) is 6.62. The van der Waals surface area contributed by atoms with Crippen LogP contribution in [-0.4, -0.2) is 27.3 Å². The van der Waals surface area contributed by atoms with Gasteiger partial charge in [-0.15, -0.1) is 0 Å². The van der Waals surface area contributed by atoms with Crippen molar-refractivity contribution < 1.29 is 18.0 Å². The first-order valence-corrected chi connectivity index (χ1v) is 11.0. The number of sulfonamides is 1. The number of nitrogens with one attached hydrogen (secondary N) is 2. The standard InChI is InChI=1S/C22H20ClN3O4S/c1-15(27)24-18-8-5-9-19(14-18)25-22(28)16-6-3-11-21(12-16)31(29,30)26(2)20-10-4-7-17(23)13-20/h3-14H,1-2H3,(H,24,27)(H,25,28). The maximum atomic E-state index is 13.0. The molecule has 0 atom stereocenters. The number of carbonyl (C=O) groups excluding carboxylic acids is 2. The third kappa shape index (κ3) is 5.42. The Balaban J connectivity index is 1.84. The van der Waals surface area contributed by atoms with Gasteiger partial charge in [-0.1, -0.05) is 29.8 Å². The number of carbonyl (C=O) groups is 2. The van der Waals surface area contributed by atoms with Gasteiger partial charge in [0.05, 0.1) is 10.6 Å². The second-order valence-electron chi connectivity index (χ2n) is 6.70. The fourth-order valence-electron chi connectivity index (χ4n) is 2.85. The van der Waals surface area contributed by atoms with E-state index in [1.165, 1.54) is 44.3 Å². The maximum Gasteiger partial charge on any atom is 0.264 e. The van der Waals surface area contributed by atoms with Gasteiger partial charge >= 0.3 is 0 Å². The predicted octanol–water partition coefficient (Wildman–Crippen LogP) is 4.38. The molecule has 3 aromatic carbocycles. The summed E-state index contributed by atoms with van der Waals surface area (Å²) in [4.78, 5) is 23.9. The fraction of sp³-hybridized carbons (Fsp3) is 0.0909. The third-order valence-corrected chi connectivity index (χ3v) is 6.38. The average molecular weight is 458 g/mol. The van der Waals surface area contributed by atoms with Gasteiger partial charge in [0.2, 0.25) is 5.91 Å². The first-order chi connectivity index (χ1) is 14.7. The Labute approximate surface area is 185 Å². The smallest absolute Gasteiger partial charge is 0.264 e. The normalized spacial score (nSPS) is 10.9. The van der Waals surface area contributed by atoms with Crippen molar-refractivity contribution in [3.05, 3.63) is 83.4 Å². The lowest BCUT2D eigenvalue weighted by molar-refractivity contribution is -0.114. The zero-order chi connectivity index (χ0) is 22.6. The fourth-order valence-corrected chi connectivity index (χ4v) is 4.27. The minimum absolute atomic E-state index is 0.0328. The number of rotatable bonds is 6. The molecule has 2 N–H and O–H groups in total. The second-order valence-corrected chi connectivity index (χ2v) is 9.10. The van der Waals surface area contributed by atoms with Crippen molar-refractivity contribution in [1.29, 1.82) is 0 Å². The summed E-state index contributed by atoms with van der Waals surface area (Å²) in [5.74, 6) is -0.715. The molecule has 2 amide bonds. The summed E-state index contributed by atoms with van der Waals surface area (Å²) in [5, 5.41) is 5.75. The van der Waals surface area contributed by atoms with E-state index < -0.39 is 15.9 Å². The van der Waals surface area contributed by atoms with Crippen LogP contribution in [0.2, 0.25) is 5.02 Å². The van der Waals surface area contributed by atoms with Crippen molar-refractivity contribution in [2.24, 2.45) is 0 Å². The van der Waals surface area contributed by atoms with E-state index in [1.54, 1.807) is 42.5 Å². The van der Waals surface area contributed by atoms with Gasteiger partial charge in [0, 0.05) is 35.9 Å². The van der Waals surface area contributed by atoms with E-state index in [4.69, 9.17) is 11.6 Å². The lowest BCUT2D eigenvalue weighted by atomic mass is 10.2. The predicted molar refractivity (Wildman–Crippen MR) is 122 cm³/mol. The minimum Gasteiger partial charge on any atom is -0.326 e. The van der Waals surface area contributed by atoms with Crippen LogP contribution in [0.4, 0.5) is 17.1 Å². The molecule has 7 nitrogen and oxygen atoms in total. The van der Waals surface area contributed by atoms with Crippen LogP contribution >= 0.6 is 11.6 Å². The maximum absolute atomic E-state index is 13.0. The molecule has 0 heterocycles. The van der Waals surface area contributed by atoms with E-state index in [2.05, 4.69) is 10.6 Å². The zero-order valence-corrected chi connectivity index (χ0v) is 18.4. The van der Waals surface area contributed by atoms with Crippen LogP contribution in [0.1, 0.15) is 17.3 Å². The molecule has 31 heavy (non-hydrogen) atoms. The summed E-state index contributed by atoms with van der Waals surface area (Å²) in [6, 6.07) is 18.9. The molecule has 0 unspecified atom stereocenters. The Morgan fingerprint density at radius 1 is 0.871 bits per heavy atom. The molecule has 3 rings (SSSR count). The lowest BCUT2D eigenvalue weighted by Gasteiger charge is -2.20. The number of hydrogen-bond donors (Lipinski definition) is 2. The van der Waals surface area contributed by atoms with Gasteiger partial charge < -0.3 is 10.6 Å².